The molecular formula is C14H20FN3S. The first kappa shape index (κ1) is 14.2. The van der Waals surface area contributed by atoms with Crippen molar-refractivity contribution in [1.29, 1.82) is 0 Å². The molecule has 2 N–H and O–H groups in total. The van der Waals surface area contributed by atoms with E-state index in [1.165, 1.54) is 12.1 Å². The lowest BCUT2D eigenvalue weighted by molar-refractivity contribution is 0.199. The molecule has 1 unspecified atom stereocenters. The molecule has 104 valence electrons. The maximum atomic E-state index is 13.3. The molecule has 0 aromatic heterocycles. The summed E-state index contributed by atoms with van der Waals surface area (Å²) >= 11 is 5.03. The fourth-order valence-corrected chi connectivity index (χ4v) is 2.83. The highest BCUT2D eigenvalue weighted by Gasteiger charge is 2.24. The molecular weight excluding hydrogens is 261 g/mol. The van der Waals surface area contributed by atoms with Gasteiger partial charge in [0.15, 0.2) is 0 Å². The molecule has 0 radical (unpaired) electrons. The third-order valence-corrected chi connectivity index (χ3v) is 3.96. The summed E-state index contributed by atoms with van der Waals surface area (Å²) in [5.74, 6) is -0.299. The summed E-state index contributed by atoms with van der Waals surface area (Å²) in [7, 11) is 0. The van der Waals surface area contributed by atoms with Crippen molar-refractivity contribution < 1.29 is 4.39 Å². The molecule has 1 heterocycles. The molecule has 19 heavy (non-hydrogen) atoms. The summed E-state index contributed by atoms with van der Waals surface area (Å²) in [6, 6.07) is 5.14. The van der Waals surface area contributed by atoms with Crippen LogP contribution in [0.25, 0.3) is 0 Å². The van der Waals surface area contributed by atoms with Crippen molar-refractivity contribution in [3.05, 3.63) is 29.6 Å². The smallest absolute Gasteiger partial charge is 0.124 e. The Labute approximate surface area is 119 Å². The van der Waals surface area contributed by atoms with Gasteiger partial charge in [-0.25, -0.2) is 4.39 Å². The third-order valence-electron chi connectivity index (χ3n) is 3.74. The molecule has 1 saturated heterocycles. The van der Waals surface area contributed by atoms with Crippen molar-refractivity contribution in [2.75, 3.05) is 31.1 Å². The first-order valence-electron chi connectivity index (χ1n) is 6.61. The Balaban J connectivity index is 2.25. The monoisotopic (exact) mass is 281 g/mol. The number of anilines is 1. The Morgan fingerprint density at radius 2 is 2.21 bits per heavy atom. The molecule has 0 aliphatic carbocycles. The second kappa shape index (κ2) is 5.84. The predicted octanol–water partition coefficient (Wildman–Crippen LogP) is 1.99. The standard InChI is InChI=1S/C14H20FN3S/c1-3-17-6-7-18(9-10(17)2)13-5-4-11(15)8-12(13)14(16)19/h4-5,8,10H,3,6-7,9H2,1-2H3,(H2,16,19). The molecule has 1 fully saturated rings. The molecule has 0 spiro atoms. The summed E-state index contributed by atoms with van der Waals surface area (Å²) in [4.78, 5) is 4.92. The molecule has 0 amide bonds. The van der Waals surface area contributed by atoms with Crippen LogP contribution in [0.5, 0.6) is 0 Å². The average molecular weight is 281 g/mol. The first-order chi connectivity index (χ1) is 9.02. The molecule has 1 atom stereocenters. The van der Waals surface area contributed by atoms with Gasteiger partial charge in [-0.3, -0.25) is 4.90 Å². The number of nitrogens with zero attached hydrogens (tertiary/aromatic N) is 2. The van der Waals surface area contributed by atoms with Crippen LogP contribution in [0.4, 0.5) is 10.1 Å². The molecule has 2 rings (SSSR count). The largest absolute Gasteiger partial charge is 0.389 e. The van der Waals surface area contributed by atoms with Crippen LogP contribution in [0.15, 0.2) is 18.2 Å². The Bertz CT molecular complexity index is 478. The highest BCUT2D eigenvalue weighted by atomic mass is 32.1. The molecule has 1 aliphatic heterocycles. The van der Waals surface area contributed by atoms with E-state index in [1.807, 2.05) is 0 Å². The number of likely N-dealkylation sites (N-methyl/N-ethyl adjacent to an activating group) is 1. The van der Waals surface area contributed by atoms with E-state index in [9.17, 15) is 4.39 Å². The second-order valence-electron chi connectivity index (χ2n) is 4.95. The normalized spacial score (nSPS) is 20.6. The average Bonchev–Trinajstić information content (AvgIpc) is 2.38. The van der Waals surface area contributed by atoms with E-state index < -0.39 is 0 Å². The van der Waals surface area contributed by atoms with Crippen LogP contribution >= 0.6 is 12.2 Å². The highest BCUT2D eigenvalue weighted by Crippen LogP contribution is 2.24. The van der Waals surface area contributed by atoms with Gasteiger partial charge in [0.05, 0.1) is 0 Å². The van der Waals surface area contributed by atoms with Gasteiger partial charge < -0.3 is 10.6 Å². The van der Waals surface area contributed by atoms with Crippen molar-refractivity contribution >= 4 is 22.9 Å². The van der Waals surface area contributed by atoms with Gasteiger partial charge in [-0.15, -0.1) is 0 Å². The van der Waals surface area contributed by atoms with E-state index in [4.69, 9.17) is 18.0 Å². The minimum absolute atomic E-state index is 0.250. The van der Waals surface area contributed by atoms with E-state index in [2.05, 4.69) is 23.6 Å². The SMILES string of the molecule is CCN1CCN(c2ccc(F)cc2C(N)=S)CC1C. The van der Waals surface area contributed by atoms with Gasteiger partial charge in [-0.1, -0.05) is 19.1 Å². The molecule has 1 aliphatic rings. The van der Waals surface area contributed by atoms with Gasteiger partial charge in [-0.05, 0) is 31.7 Å². The van der Waals surface area contributed by atoms with Crippen LogP contribution in [0.2, 0.25) is 0 Å². The summed E-state index contributed by atoms with van der Waals surface area (Å²) in [6.07, 6.45) is 0. The number of benzene rings is 1. The summed E-state index contributed by atoms with van der Waals surface area (Å²) < 4.78 is 13.3. The number of piperazine rings is 1. The van der Waals surface area contributed by atoms with E-state index in [0.717, 1.165) is 31.9 Å². The van der Waals surface area contributed by atoms with E-state index >= 15 is 0 Å². The van der Waals surface area contributed by atoms with Crippen LogP contribution in [-0.4, -0.2) is 42.1 Å². The Hall–Kier alpha value is -1.20. The number of hydrogen-bond donors (Lipinski definition) is 1. The van der Waals surface area contributed by atoms with Crippen LogP contribution in [0, 0.1) is 5.82 Å². The molecule has 0 saturated carbocycles. The van der Waals surface area contributed by atoms with E-state index in [-0.39, 0.29) is 10.8 Å². The summed E-state index contributed by atoms with van der Waals surface area (Å²) in [6.45, 7) is 8.27. The molecule has 0 bridgehead atoms. The van der Waals surface area contributed by atoms with E-state index in [0.29, 0.717) is 11.6 Å². The summed E-state index contributed by atoms with van der Waals surface area (Å²) in [5, 5.41) is 0. The van der Waals surface area contributed by atoms with Gasteiger partial charge in [0.25, 0.3) is 0 Å². The lowest BCUT2D eigenvalue weighted by atomic mass is 10.1. The van der Waals surface area contributed by atoms with Crippen molar-refractivity contribution in [3.8, 4) is 0 Å². The summed E-state index contributed by atoms with van der Waals surface area (Å²) in [5.41, 5.74) is 7.28. The zero-order chi connectivity index (χ0) is 14.0. The number of rotatable bonds is 3. The number of hydrogen-bond acceptors (Lipinski definition) is 3. The minimum atomic E-state index is -0.299. The Morgan fingerprint density at radius 3 is 2.79 bits per heavy atom. The van der Waals surface area contributed by atoms with Crippen LogP contribution < -0.4 is 10.6 Å². The zero-order valence-corrected chi connectivity index (χ0v) is 12.2. The lowest BCUT2D eigenvalue weighted by Crippen LogP contribution is -2.52. The topological polar surface area (TPSA) is 32.5 Å². The van der Waals surface area contributed by atoms with Crippen molar-refractivity contribution in [2.24, 2.45) is 5.73 Å². The minimum Gasteiger partial charge on any atom is -0.389 e. The third kappa shape index (κ3) is 3.04. The fraction of sp³-hybridized carbons (Fsp3) is 0.500. The van der Waals surface area contributed by atoms with Gasteiger partial charge in [-0.2, -0.15) is 0 Å². The first-order valence-corrected chi connectivity index (χ1v) is 7.02. The predicted molar refractivity (Wildman–Crippen MR) is 81.2 cm³/mol. The van der Waals surface area contributed by atoms with Crippen molar-refractivity contribution in [2.45, 2.75) is 19.9 Å². The molecule has 1 aromatic carbocycles. The number of halogens is 1. The lowest BCUT2D eigenvalue weighted by Gasteiger charge is -2.41. The second-order valence-corrected chi connectivity index (χ2v) is 5.39. The van der Waals surface area contributed by atoms with Crippen LogP contribution in [0.1, 0.15) is 19.4 Å². The Morgan fingerprint density at radius 1 is 1.47 bits per heavy atom. The number of thiocarbonyl (C=S) groups is 1. The zero-order valence-electron chi connectivity index (χ0n) is 11.4. The van der Waals surface area contributed by atoms with Crippen LogP contribution in [0.3, 0.4) is 0 Å². The van der Waals surface area contributed by atoms with Crippen molar-refractivity contribution in [1.82, 2.24) is 4.90 Å². The Kier molecular flexibility index (Phi) is 4.37. The van der Waals surface area contributed by atoms with Crippen LogP contribution in [-0.2, 0) is 0 Å². The van der Waals surface area contributed by atoms with Gasteiger partial charge in [0.1, 0.15) is 10.8 Å². The molecule has 3 nitrogen and oxygen atoms in total. The number of nitrogens with two attached hydrogens (primary N) is 1. The fourth-order valence-electron chi connectivity index (χ4n) is 2.67. The quantitative estimate of drug-likeness (QED) is 0.859. The van der Waals surface area contributed by atoms with Gasteiger partial charge in [0, 0.05) is 36.9 Å². The van der Waals surface area contributed by atoms with Crippen molar-refractivity contribution in [3.63, 3.8) is 0 Å². The van der Waals surface area contributed by atoms with Gasteiger partial charge >= 0.3 is 0 Å². The molecule has 5 heteroatoms. The van der Waals surface area contributed by atoms with E-state index in [1.54, 1.807) is 6.07 Å². The van der Waals surface area contributed by atoms with Gasteiger partial charge in [0.2, 0.25) is 0 Å². The molecule has 1 aromatic rings. The maximum absolute atomic E-state index is 13.3. The maximum Gasteiger partial charge on any atom is 0.124 e. The highest BCUT2D eigenvalue weighted by molar-refractivity contribution is 7.80.